The summed E-state index contributed by atoms with van der Waals surface area (Å²) in [5, 5.41) is 9.39. The summed E-state index contributed by atoms with van der Waals surface area (Å²) in [7, 11) is 0. The Morgan fingerprint density at radius 1 is 1.00 bits per heavy atom. The fraction of sp³-hybridized carbons (Fsp3) is 0.333. The molecule has 27 heavy (non-hydrogen) atoms. The standard InChI is InChI=1S/C21H22N6/c1-14-8-10-16(11-9-14)23-21-24-18-7-3-2-6-17(18)20-25-19(26-27(20)21)15-5-4-12-22-13-15/h2-7,12-14,16H,8-11H2,1H3,(H,23,24). The number of nitrogens with one attached hydrogen (secondary N) is 1. The second kappa shape index (κ2) is 6.61. The number of pyridine rings is 1. The topological polar surface area (TPSA) is 68.0 Å². The van der Waals surface area contributed by atoms with Crippen LogP contribution in [-0.4, -0.2) is 30.6 Å². The van der Waals surface area contributed by atoms with Gasteiger partial charge in [-0.15, -0.1) is 5.10 Å². The van der Waals surface area contributed by atoms with Crippen molar-refractivity contribution in [3.05, 3.63) is 48.8 Å². The molecule has 1 aromatic carbocycles. The van der Waals surface area contributed by atoms with Crippen molar-refractivity contribution >= 4 is 22.5 Å². The highest BCUT2D eigenvalue weighted by Gasteiger charge is 2.21. The summed E-state index contributed by atoms with van der Waals surface area (Å²) in [5.74, 6) is 2.25. The molecule has 1 N–H and O–H groups in total. The molecule has 1 saturated carbocycles. The Labute approximate surface area is 157 Å². The van der Waals surface area contributed by atoms with E-state index in [-0.39, 0.29) is 0 Å². The number of hydrogen-bond acceptors (Lipinski definition) is 5. The van der Waals surface area contributed by atoms with Crippen LogP contribution in [0.4, 0.5) is 5.95 Å². The number of fused-ring (bicyclic) bond motifs is 3. The van der Waals surface area contributed by atoms with E-state index in [1.807, 2.05) is 40.9 Å². The Morgan fingerprint density at radius 3 is 2.67 bits per heavy atom. The first-order valence-electron chi connectivity index (χ1n) is 9.60. The molecule has 4 aromatic rings. The Hall–Kier alpha value is -3.02. The molecule has 0 unspecified atom stereocenters. The Kier molecular flexibility index (Phi) is 3.96. The van der Waals surface area contributed by atoms with Crippen LogP contribution in [0.3, 0.4) is 0 Å². The van der Waals surface area contributed by atoms with Crippen molar-refractivity contribution in [2.75, 3.05) is 5.32 Å². The van der Waals surface area contributed by atoms with Gasteiger partial charge < -0.3 is 5.32 Å². The van der Waals surface area contributed by atoms with Gasteiger partial charge in [0, 0.05) is 29.4 Å². The van der Waals surface area contributed by atoms with Crippen LogP contribution in [-0.2, 0) is 0 Å². The van der Waals surface area contributed by atoms with Crippen LogP contribution in [0.5, 0.6) is 0 Å². The van der Waals surface area contributed by atoms with Crippen molar-refractivity contribution < 1.29 is 0 Å². The molecule has 0 spiro atoms. The number of aromatic nitrogens is 5. The predicted molar refractivity (Wildman–Crippen MR) is 107 cm³/mol. The highest BCUT2D eigenvalue weighted by Crippen LogP contribution is 2.28. The van der Waals surface area contributed by atoms with Gasteiger partial charge in [0.05, 0.1) is 5.52 Å². The van der Waals surface area contributed by atoms with Gasteiger partial charge in [-0.3, -0.25) is 4.98 Å². The van der Waals surface area contributed by atoms with Gasteiger partial charge in [-0.25, -0.2) is 9.97 Å². The molecular weight excluding hydrogens is 336 g/mol. The second-order valence-electron chi connectivity index (χ2n) is 7.47. The molecule has 0 radical (unpaired) electrons. The number of rotatable bonds is 3. The Bertz CT molecular complexity index is 1080. The molecule has 5 rings (SSSR count). The van der Waals surface area contributed by atoms with E-state index < -0.39 is 0 Å². The highest BCUT2D eigenvalue weighted by atomic mass is 15.4. The summed E-state index contributed by atoms with van der Waals surface area (Å²) in [6.07, 6.45) is 8.40. The van der Waals surface area contributed by atoms with E-state index in [4.69, 9.17) is 15.1 Å². The maximum atomic E-state index is 4.86. The molecular formula is C21H22N6. The zero-order valence-corrected chi connectivity index (χ0v) is 15.3. The number of hydrogen-bond donors (Lipinski definition) is 1. The quantitative estimate of drug-likeness (QED) is 0.590. The summed E-state index contributed by atoms with van der Waals surface area (Å²) >= 11 is 0. The van der Waals surface area contributed by atoms with Crippen molar-refractivity contribution in [2.45, 2.75) is 38.6 Å². The maximum absolute atomic E-state index is 4.86. The molecule has 6 heteroatoms. The van der Waals surface area contributed by atoms with E-state index >= 15 is 0 Å². The molecule has 0 bridgehead atoms. The van der Waals surface area contributed by atoms with E-state index in [0.717, 1.165) is 34.0 Å². The molecule has 0 aliphatic heterocycles. The van der Waals surface area contributed by atoms with Gasteiger partial charge in [-0.1, -0.05) is 19.1 Å². The van der Waals surface area contributed by atoms with Crippen LogP contribution in [0.2, 0.25) is 0 Å². The van der Waals surface area contributed by atoms with Gasteiger partial charge in [0.15, 0.2) is 11.5 Å². The number of benzene rings is 1. The lowest BCUT2D eigenvalue weighted by Crippen LogP contribution is -2.27. The Morgan fingerprint density at radius 2 is 1.85 bits per heavy atom. The van der Waals surface area contributed by atoms with Gasteiger partial charge >= 0.3 is 0 Å². The number of nitrogens with zero attached hydrogens (tertiary/aromatic N) is 5. The van der Waals surface area contributed by atoms with Crippen LogP contribution in [0.15, 0.2) is 48.8 Å². The molecule has 136 valence electrons. The fourth-order valence-electron chi connectivity index (χ4n) is 3.85. The number of anilines is 1. The first-order chi connectivity index (χ1) is 13.3. The summed E-state index contributed by atoms with van der Waals surface area (Å²) in [6.45, 7) is 2.33. The van der Waals surface area contributed by atoms with Crippen molar-refractivity contribution in [1.29, 1.82) is 0 Å². The molecule has 0 amide bonds. The predicted octanol–water partition coefficient (Wildman–Crippen LogP) is 4.33. The summed E-state index contributed by atoms with van der Waals surface area (Å²) in [6, 6.07) is 12.4. The van der Waals surface area contributed by atoms with E-state index in [2.05, 4.69) is 17.2 Å². The fourth-order valence-corrected chi connectivity index (χ4v) is 3.85. The van der Waals surface area contributed by atoms with Gasteiger partial charge in [-0.05, 0) is 55.9 Å². The van der Waals surface area contributed by atoms with Crippen LogP contribution >= 0.6 is 0 Å². The van der Waals surface area contributed by atoms with Gasteiger partial charge in [0.1, 0.15) is 0 Å². The molecule has 6 nitrogen and oxygen atoms in total. The zero-order chi connectivity index (χ0) is 18.2. The van der Waals surface area contributed by atoms with E-state index in [1.165, 1.54) is 25.7 Å². The lowest BCUT2D eigenvalue weighted by molar-refractivity contribution is 0.360. The SMILES string of the molecule is CC1CCC(Nc2nc3ccccc3c3nc(-c4cccnc4)nn23)CC1. The Balaban J connectivity index is 1.63. The molecule has 1 aliphatic carbocycles. The van der Waals surface area contributed by atoms with Crippen molar-refractivity contribution in [2.24, 2.45) is 5.92 Å². The van der Waals surface area contributed by atoms with E-state index in [1.54, 1.807) is 12.4 Å². The van der Waals surface area contributed by atoms with Gasteiger partial charge in [0.25, 0.3) is 0 Å². The molecule has 0 atom stereocenters. The molecule has 0 saturated heterocycles. The maximum Gasteiger partial charge on any atom is 0.226 e. The van der Waals surface area contributed by atoms with Gasteiger partial charge in [-0.2, -0.15) is 4.52 Å². The van der Waals surface area contributed by atoms with Crippen LogP contribution in [0.1, 0.15) is 32.6 Å². The average Bonchev–Trinajstić information content (AvgIpc) is 3.17. The smallest absolute Gasteiger partial charge is 0.226 e. The minimum atomic E-state index is 0.434. The van der Waals surface area contributed by atoms with Gasteiger partial charge in [0.2, 0.25) is 5.95 Å². The largest absolute Gasteiger partial charge is 0.351 e. The highest BCUT2D eigenvalue weighted by molar-refractivity contribution is 5.92. The third-order valence-electron chi connectivity index (χ3n) is 5.45. The van der Waals surface area contributed by atoms with Crippen molar-refractivity contribution in [3.63, 3.8) is 0 Å². The molecule has 1 aliphatic rings. The van der Waals surface area contributed by atoms with Crippen LogP contribution < -0.4 is 5.32 Å². The number of para-hydroxylation sites is 1. The lowest BCUT2D eigenvalue weighted by atomic mass is 9.87. The monoisotopic (exact) mass is 358 g/mol. The molecule has 3 aromatic heterocycles. The van der Waals surface area contributed by atoms with Crippen molar-refractivity contribution in [1.82, 2.24) is 24.6 Å². The summed E-state index contributed by atoms with van der Waals surface area (Å²) in [4.78, 5) is 13.9. The molecule has 3 heterocycles. The van der Waals surface area contributed by atoms with E-state index in [9.17, 15) is 0 Å². The summed E-state index contributed by atoms with van der Waals surface area (Å²) < 4.78 is 1.85. The normalized spacial score (nSPS) is 20.2. The average molecular weight is 358 g/mol. The minimum Gasteiger partial charge on any atom is -0.351 e. The van der Waals surface area contributed by atoms with E-state index in [0.29, 0.717) is 11.9 Å². The lowest BCUT2D eigenvalue weighted by Gasteiger charge is -2.27. The van der Waals surface area contributed by atoms with Crippen molar-refractivity contribution in [3.8, 4) is 11.4 Å². The first kappa shape index (κ1) is 16.2. The third kappa shape index (κ3) is 3.01. The molecule has 1 fully saturated rings. The first-order valence-corrected chi connectivity index (χ1v) is 9.60. The van der Waals surface area contributed by atoms with Crippen LogP contribution in [0, 0.1) is 5.92 Å². The third-order valence-corrected chi connectivity index (χ3v) is 5.45. The second-order valence-corrected chi connectivity index (χ2v) is 7.47. The zero-order valence-electron chi connectivity index (χ0n) is 15.3. The van der Waals surface area contributed by atoms with Crippen LogP contribution in [0.25, 0.3) is 27.9 Å². The summed E-state index contributed by atoms with van der Waals surface area (Å²) in [5.41, 5.74) is 2.66. The minimum absolute atomic E-state index is 0.434.